The Morgan fingerprint density at radius 3 is 2.64 bits per heavy atom. The van der Waals surface area contributed by atoms with Crippen LogP contribution in [0.25, 0.3) is 11.5 Å². The van der Waals surface area contributed by atoms with Gasteiger partial charge in [-0.1, -0.05) is 6.07 Å². The molecule has 8 heteroatoms. The molecule has 0 aliphatic carbocycles. The van der Waals surface area contributed by atoms with Crippen LogP contribution in [0, 0.1) is 6.92 Å². The lowest BCUT2D eigenvalue weighted by Crippen LogP contribution is -2.16. The maximum atomic E-state index is 12.4. The van der Waals surface area contributed by atoms with Gasteiger partial charge in [0.1, 0.15) is 17.3 Å². The lowest BCUT2D eigenvalue weighted by Gasteiger charge is -2.07. The number of aromatic nitrogens is 5. The number of hydrogen-bond acceptors (Lipinski definition) is 7. The number of pyridine rings is 2. The first-order valence-electron chi connectivity index (χ1n) is 7.81. The number of aryl methyl sites for hydroxylation is 1. The van der Waals surface area contributed by atoms with Gasteiger partial charge in [-0.2, -0.15) is 9.97 Å². The van der Waals surface area contributed by atoms with Crippen molar-refractivity contribution in [2.75, 3.05) is 17.2 Å². The second-order valence-electron chi connectivity index (χ2n) is 5.16. The summed E-state index contributed by atoms with van der Waals surface area (Å²) in [4.78, 5) is 33.4. The third-order valence-electron chi connectivity index (χ3n) is 3.25. The number of carbonyl (C=O) groups is 1. The Balaban J connectivity index is 1.80. The SMILES string of the molecule is CCNc1ccc(C(=O)Nc2nc(C)nc(-c3ccccn3)n2)cn1. The zero-order valence-electron chi connectivity index (χ0n) is 13.9. The molecule has 3 heterocycles. The molecule has 3 rings (SSSR count). The van der Waals surface area contributed by atoms with E-state index in [0.717, 1.165) is 6.54 Å². The van der Waals surface area contributed by atoms with Crippen molar-refractivity contribution in [2.24, 2.45) is 0 Å². The highest BCUT2D eigenvalue weighted by atomic mass is 16.1. The van der Waals surface area contributed by atoms with Crippen LogP contribution in [0.1, 0.15) is 23.1 Å². The van der Waals surface area contributed by atoms with E-state index in [1.165, 1.54) is 6.20 Å². The van der Waals surface area contributed by atoms with Crippen LogP contribution in [0.2, 0.25) is 0 Å². The van der Waals surface area contributed by atoms with Gasteiger partial charge in [-0.25, -0.2) is 9.97 Å². The Labute approximate surface area is 144 Å². The Bertz CT molecular complexity index is 866. The van der Waals surface area contributed by atoms with Crippen molar-refractivity contribution in [1.29, 1.82) is 0 Å². The molecule has 0 radical (unpaired) electrons. The molecule has 3 aromatic heterocycles. The number of hydrogen-bond donors (Lipinski definition) is 2. The zero-order chi connectivity index (χ0) is 17.6. The first-order valence-corrected chi connectivity index (χ1v) is 7.81. The summed E-state index contributed by atoms with van der Waals surface area (Å²) in [5, 5.41) is 5.75. The van der Waals surface area contributed by atoms with Gasteiger partial charge in [0.15, 0.2) is 5.82 Å². The lowest BCUT2D eigenvalue weighted by molar-refractivity contribution is 0.102. The van der Waals surface area contributed by atoms with Crippen LogP contribution in [-0.2, 0) is 0 Å². The zero-order valence-corrected chi connectivity index (χ0v) is 13.9. The molecule has 0 aliphatic heterocycles. The van der Waals surface area contributed by atoms with Gasteiger partial charge in [0, 0.05) is 18.9 Å². The molecule has 8 nitrogen and oxygen atoms in total. The van der Waals surface area contributed by atoms with Gasteiger partial charge in [-0.05, 0) is 38.1 Å². The lowest BCUT2D eigenvalue weighted by atomic mass is 10.2. The van der Waals surface area contributed by atoms with Gasteiger partial charge in [0.25, 0.3) is 5.91 Å². The van der Waals surface area contributed by atoms with Crippen LogP contribution < -0.4 is 10.6 Å². The van der Waals surface area contributed by atoms with Crippen molar-refractivity contribution in [3.05, 3.63) is 54.1 Å². The summed E-state index contributed by atoms with van der Waals surface area (Å²) in [6, 6.07) is 8.88. The van der Waals surface area contributed by atoms with Crippen molar-refractivity contribution in [3.63, 3.8) is 0 Å². The molecule has 0 aromatic carbocycles. The van der Waals surface area contributed by atoms with Crippen molar-refractivity contribution >= 4 is 17.7 Å². The molecule has 0 fully saturated rings. The highest BCUT2D eigenvalue weighted by Gasteiger charge is 2.12. The molecule has 0 atom stereocenters. The minimum Gasteiger partial charge on any atom is -0.370 e. The second-order valence-corrected chi connectivity index (χ2v) is 5.16. The Morgan fingerprint density at radius 2 is 1.96 bits per heavy atom. The largest absolute Gasteiger partial charge is 0.370 e. The van der Waals surface area contributed by atoms with E-state index in [1.54, 1.807) is 31.3 Å². The molecular weight excluding hydrogens is 318 g/mol. The monoisotopic (exact) mass is 335 g/mol. The fourth-order valence-corrected chi connectivity index (χ4v) is 2.13. The molecule has 1 amide bonds. The van der Waals surface area contributed by atoms with Crippen LogP contribution in [0.15, 0.2) is 42.7 Å². The number of nitrogens with one attached hydrogen (secondary N) is 2. The number of anilines is 2. The van der Waals surface area contributed by atoms with E-state index in [0.29, 0.717) is 28.7 Å². The minimum absolute atomic E-state index is 0.175. The normalized spacial score (nSPS) is 10.3. The molecule has 0 unspecified atom stereocenters. The number of rotatable bonds is 5. The maximum Gasteiger partial charge on any atom is 0.259 e. The predicted octanol–water partition coefficient (Wildman–Crippen LogP) is 2.32. The summed E-state index contributed by atoms with van der Waals surface area (Å²) < 4.78 is 0. The van der Waals surface area contributed by atoms with Gasteiger partial charge in [-0.3, -0.25) is 15.1 Å². The van der Waals surface area contributed by atoms with E-state index in [-0.39, 0.29) is 11.9 Å². The molecule has 0 aliphatic rings. The third-order valence-corrected chi connectivity index (χ3v) is 3.25. The van der Waals surface area contributed by atoms with Crippen LogP contribution in [0.3, 0.4) is 0 Å². The fourth-order valence-electron chi connectivity index (χ4n) is 2.13. The number of nitrogens with zero attached hydrogens (tertiary/aromatic N) is 5. The van der Waals surface area contributed by atoms with Crippen LogP contribution in [-0.4, -0.2) is 37.4 Å². The van der Waals surface area contributed by atoms with Crippen molar-refractivity contribution in [1.82, 2.24) is 24.9 Å². The summed E-state index contributed by atoms with van der Waals surface area (Å²) in [5.41, 5.74) is 1.03. The Kier molecular flexibility index (Phi) is 4.89. The molecule has 2 N–H and O–H groups in total. The van der Waals surface area contributed by atoms with E-state index in [1.807, 2.05) is 19.1 Å². The van der Waals surface area contributed by atoms with E-state index >= 15 is 0 Å². The Hall–Kier alpha value is -3.42. The van der Waals surface area contributed by atoms with E-state index in [9.17, 15) is 4.79 Å². The first kappa shape index (κ1) is 16.4. The average Bonchev–Trinajstić information content (AvgIpc) is 2.63. The molecule has 0 saturated carbocycles. The van der Waals surface area contributed by atoms with Gasteiger partial charge >= 0.3 is 0 Å². The second kappa shape index (κ2) is 7.43. The smallest absolute Gasteiger partial charge is 0.259 e. The third kappa shape index (κ3) is 4.11. The molecule has 126 valence electrons. The van der Waals surface area contributed by atoms with Crippen molar-refractivity contribution in [3.8, 4) is 11.5 Å². The standard InChI is InChI=1S/C17H17N7O/c1-3-18-14-8-7-12(10-20-14)16(25)24-17-22-11(2)21-15(23-17)13-6-4-5-9-19-13/h4-10H,3H2,1-2H3,(H,18,20)(H,21,22,23,24,25). The molecule has 25 heavy (non-hydrogen) atoms. The summed E-state index contributed by atoms with van der Waals surface area (Å²) in [7, 11) is 0. The minimum atomic E-state index is -0.340. The van der Waals surface area contributed by atoms with Gasteiger partial charge in [0.2, 0.25) is 5.95 Å². The number of carbonyl (C=O) groups excluding carboxylic acids is 1. The van der Waals surface area contributed by atoms with Crippen molar-refractivity contribution < 1.29 is 4.79 Å². The van der Waals surface area contributed by atoms with Crippen LogP contribution >= 0.6 is 0 Å². The summed E-state index contributed by atoms with van der Waals surface area (Å²) in [5.74, 6) is 1.45. The van der Waals surface area contributed by atoms with Crippen LogP contribution in [0.5, 0.6) is 0 Å². The predicted molar refractivity (Wildman–Crippen MR) is 94.1 cm³/mol. The highest BCUT2D eigenvalue weighted by Crippen LogP contribution is 2.14. The van der Waals surface area contributed by atoms with Gasteiger partial charge < -0.3 is 5.32 Å². The van der Waals surface area contributed by atoms with E-state index in [2.05, 4.69) is 35.6 Å². The van der Waals surface area contributed by atoms with E-state index < -0.39 is 0 Å². The molecule has 0 saturated heterocycles. The van der Waals surface area contributed by atoms with E-state index in [4.69, 9.17) is 0 Å². The van der Waals surface area contributed by atoms with Crippen LogP contribution in [0.4, 0.5) is 11.8 Å². The molecular formula is C17H17N7O. The molecule has 0 spiro atoms. The summed E-state index contributed by atoms with van der Waals surface area (Å²) >= 11 is 0. The Morgan fingerprint density at radius 1 is 1.08 bits per heavy atom. The first-order chi connectivity index (χ1) is 12.2. The molecule has 0 bridgehead atoms. The molecule has 3 aromatic rings. The maximum absolute atomic E-state index is 12.4. The summed E-state index contributed by atoms with van der Waals surface area (Å²) in [6.45, 7) is 4.47. The van der Waals surface area contributed by atoms with Gasteiger partial charge in [-0.15, -0.1) is 0 Å². The van der Waals surface area contributed by atoms with Gasteiger partial charge in [0.05, 0.1) is 5.56 Å². The quantitative estimate of drug-likeness (QED) is 0.737. The average molecular weight is 335 g/mol. The van der Waals surface area contributed by atoms with Crippen molar-refractivity contribution in [2.45, 2.75) is 13.8 Å². The highest BCUT2D eigenvalue weighted by molar-refractivity contribution is 6.03. The summed E-state index contributed by atoms with van der Waals surface area (Å²) in [6.07, 6.45) is 3.16. The number of amides is 1. The topological polar surface area (TPSA) is 106 Å². The fraction of sp³-hybridized carbons (Fsp3) is 0.176.